The van der Waals surface area contributed by atoms with Crippen LogP contribution in [0.15, 0.2) is 47.4 Å². The molecule has 0 radical (unpaired) electrons. The molecule has 0 bridgehead atoms. The lowest BCUT2D eigenvalue weighted by Crippen LogP contribution is -2.15. The zero-order valence-corrected chi connectivity index (χ0v) is 11.8. The molecule has 2 aromatic carbocycles. The summed E-state index contributed by atoms with van der Waals surface area (Å²) in [6.07, 6.45) is 0. The highest BCUT2D eigenvalue weighted by Gasteiger charge is 2.14. The van der Waals surface area contributed by atoms with Crippen LogP contribution in [0.25, 0.3) is 0 Å². The van der Waals surface area contributed by atoms with Gasteiger partial charge < -0.3 is 10.5 Å². The summed E-state index contributed by atoms with van der Waals surface area (Å²) in [6.45, 7) is 0. The maximum absolute atomic E-state index is 13.6. The predicted octanol–water partition coefficient (Wildman–Crippen LogP) is 3.77. The lowest BCUT2D eigenvalue weighted by atomic mass is 10.1. The van der Waals surface area contributed by atoms with Crippen molar-refractivity contribution in [3.8, 4) is 5.75 Å². The molecule has 2 nitrogen and oxygen atoms in total. The SMILES string of the molecule is COc1ccccc1SCC(N)c1cc(F)ccc1F. The van der Waals surface area contributed by atoms with Gasteiger partial charge in [0.25, 0.3) is 0 Å². The van der Waals surface area contributed by atoms with E-state index in [9.17, 15) is 8.78 Å². The standard InChI is InChI=1S/C15H15F2NOS/c1-19-14-4-2-3-5-15(14)20-9-13(18)11-8-10(16)6-7-12(11)17/h2-8,13H,9,18H2,1H3. The summed E-state index contributed by atoms with van der Waals surface area (Å²) in [5.74, 6) is 0.198. The van der Waals surface area contributed by atoms with E-state index in [1.54, 1.807) is 7.11 Å². The Hall–Kier alpha value is -1.59. The van der Waals surface area contributed by atoms with Gasteiger partial charge in [-0.25, -0.2) is 8.78 Å². The van der Waals surface area contributed by atoms with Crippen LogP contribution in [0.3, 0.4) is 0 Å². The van der Waals surface area contributed by atoms with E-state index >= 15 is 0 Å². The van der Waals surface area contributed by atoms with E-state index in [1.807, 2.05) is 24.3 Å². The monoisotopic (exact) mass is 295 g/mol. The van der Waals surface area contributed by atoms with Crippen molar-refractivity contribution >= 4 is 11.8 Å². The third-order valence-corrected chi connectivity index (χ3v) is 4.02. The molecule has 0 heterocycles. The molecule has 0 fully saturated rings. The van der Waals surface area contributed by atoms with Crippen molar-refractivity contribution in [1.82, 2.24) is 0 Å². The molecule has 1 atom stereocenters. The van der Waals surface area contributed by atoms with E-state index in [4.69, 9.17) is 10.5 Å². The van der Waals surface area contributed by atoms with Crippen molar-refractivity contribution in [3.05, 3.63) is 59.7 Å². The van der Waals surface area contributed by atoms with E-state index in [2.05, 4.69) is 0 Å². The number of halogens is 2. The van der Waals surface area contributed by atoms with Gasteiger partial charge in [0.15, 0.2) is 0 Å². The molecule has 0 saturated carbocycles. The van der Waals surface area contributed by atoms with E-state index in [0.29, 0.717) is 5.75 Å². The lowest BCUT2D eigenvalue weighted by Gasteiger charge is -2.14. The summed E-state index contributed by atoms with van der Waals surface area (Å²) in [4.78, 5) is 0.919. The average molecular weight is 295 g/mol. The molecule has 5 heteroatoms. The van der Waals surface area contributed by atoms with Gasteiger partial charge in [0, 0.05) is 22.3 Å². The molecule has 0 spiro atoms. The first-order valence-electron chi connectivity index (χ1n) is 6.08. The number of methoxy groups -OCH3 is 1. The van der Waals surface area contributed by atoms with Crippen LogP contribution in [-0.2, 0) is 0 Å². The maximum atomic E-state index is 13.6. The number of rotatable bonds is 5. The Morgan fingerprint density at radius 2 is 1.95 bits per heavy atom. The number of nitrogens with two attached hydrogens (primary N) is 1. The molecule has 0 aliphatic heterocycles. The minimum absolute atomic E-state index is 0.187. The first kappa shape index (κ1) is 14.8. The summed E-state index contributed by atoms with van der Waals surface area (Å²) in [6, 6.07) is 10.2. The van der Waals surface area contributed by atoms with Crippen LogP contribution in [0.4, 0.5) is 8.78 Å². The van der Waals surface area contributed by atoms with Crippen molar-refractivity contribution < 1.29 is 13.5 Å². The molecule has 106 valence electrons. The summed E-state index contributed by atoms with van der Waals surface area (Å²) < 4.78 is 32.0. The van der Waals surface area contributed by atoms with Crippen LogP contribution in [0, 0.1) is 11.6 Å². The number of para-hydroxylation sites is 1. The van der Waals surface area contributed by atoms with Gasteiger partial charge in [0.1, 0.15) is 17.4 Å². The molecule has 2 N–H and O–H groups in total. The Morgan fingerprint density at radius 1 is 1.20 bits per heavy atom. The second-order valence-electron chi connectivity index (χ2n) is 4.23. The van der Waals surface area contributed by atoms with Gasteiger partial charge in [-0.1, -0.05) is 12.1 Å². The van der Waals surface area contributed by atoms with Crippen molar-refractivity contribution in [2.75, 3.05) is 12.9 Å². The van der Waals surface area contributed by atoms with Gasteiger partial charge in [-0.15, -0.1) is 11.8 Å². The quantitative estimate of drug-likeness (QED) is 0.853. The van der Waals surface area contributed by atoms with E-state index in [1.165, 1.54) is 11.8 Å². The van der Waals surface area contributed by atoms with Crippen molar-refractivity contribution in [1.29, 1.82) is 0 Å². The third-order valence-electron chi connectivity index (χ3n) is 2.84. The normalized spacial score (nSPS) is 12.2. The van der Waals surface area contributed by atoms with Crippen LogP contribution >= 0.6 is 11.8 Å². The van der Waals surface area contributed by atoms with Crippen molar-refractivity contribution in [2.24, 2.45) is 5.73 Å². The molecule has 0 aliphatic carbocycles. The molecule has 0 aliphatic rings. The highest BCUT2D eigenvalue weighted by atomic mass is 32.2. The Balaban J connectivity index is 2.08. The molecule has 0 amide bonds. The number of benzene rings is 2. The van der Waals surface area contributed by atoms with Crippen LogP contribution in [-0.4, -0.2) is 12.9 Å². The van der Waals surface area contributed by atoms with Gasteiger partial charge in [0.05, 0.1) is 7.11 Å². The van der Waals surface area contributed by atoms with E-state index < -0.39 is 17.7 Å². The number of ether oxygens (including phenoxy) is 1. The fourth-order valence-electron chi connectivity index (χ4n) is 1.81. The minimum Gasteiger partial charge on any atom is -0.496 e. The van der Waals surface area contributed by atoms with Crippen LogP contribution in [0.2, 0.25) is 0 Å². The largest absolute Gasteiger partial charge is 0.496 e. The molecule has 1 unspecified atom stereocenters. The van der Waals surface area contributed by atoms with E-state index in [0.717, 1.165) is 28.8 Å². The Labute approximate surface area is 120 Å². The topological polar surface area (TPSA) is 35.2 Å². The second kappa shape index (κ2) is 6.72. The van der Waals surface area contributed by atoms with Gasteiger partial charge in [0.2, 0.25) is 0 Å². The summed E-state index contributed by atoms with van der Waals surface area (Å²) in [7, 11) is 1.59. The molecule has 2 rings (SSSR count). The van der Waals surface area contributed by atoms with Crippen molar-refractivity contribution in [3.63, 3.8) is 0 Å². The molecule has 20 heavy (non-hydrogen) atoms. The predicted molar refractivity (Wildman–Crippen MR) is 77.0 cm³/mol. The molecular weight excluding hydrogens is 280 g/mol. The first-order valence-corrected chi connectivity index (χ1v) is 7.06. The van der Waals surface area contributed by atoms with Gasteiger partial charge in [-0.05, 0) is 30.3 Å². The first-order chi connectivity index (χ1) is 9.61. The third kappa shape index (κ3) is 3.49. The number of hydrogen-bond donors (Lipinski definition) is 1. The molecule has 2 aromatic rings. The second-order valence-corrected chi connectivity index (χ2v) is 5.30. The highest BCUT2D eigenvalue weighted by molar-refractivity contribution is 7.99. The summed E-state index contributed by atoms with van der Waals surface area (Å²) in [5, 5.41) is 0. The zero-order valence-electron chi connectivity index (χ0n) is 11.0. The highest BCUT2D eigenvalue weighted by Crippen LogP contribution is 2.31. The zero-order chi connectivity index (χ0) is 14.5. The smallest absolute Gasteiger partial charge is 0.132 e. The summed E-state index contributed by atoms with van der Waals surface area (Å²) >= 11 is 1.45. The van der Waals surface area contributed by atoms with E-state index in [-0.39, 0.29) is 5.56 Å². The molecule has 0 aromatic heterocycles. The maximum Gasteiger partial charge on any atom is 0.132 e. The fourth-order valence-corrected chi connectivity index (χ4v) is 2.81. The van der Waals surface area contributed by atoms with Crippen molar-refractivity contribution in [2.45, 2.75) is 10.9 Å². The Morgan fingerprint density at radius 3 is 2.70 bits per heavy atom. The molecule has 0 saturated heterocycles. The number of hydrogen-bond acceptors (Lipinski definition) is 3. The van der Waals surface area contributed by atoms with Crippen LogP contribution < -0.4 is 10.5 Å². The minimum atomic E-state index is -0.583. The van der Waals surface area contributed by atoms with Gasteiger partial charge in [-0.3, -0.25) is 0 Å². The van der Waals surface area contributed by atoms with Gasteiger partial charge >= 0.3 is 0 Å². The fraction of sp³-hybridized carbons (Fsp3) is 0.200. The molecular formula is C15H15F2NOS. The Kier molecular flexibility index (Phi) is 4.98. The van der Waals surface area contributed by atoms with Crippen LogP contribution in [0.5, 0.6) is 5.75 Å². The van der Waals surface area contributed by atoms with Crippen LogP contribution in [0.1, 0.15) is 11.6 Å². The lowest BCUT2D eigenvalue weighted by molar-refractivity contribution is 0.405. The average Bonchev–Trinajstić information content (AvgIpc) is 2.47. The number of thioether (sulfide) groups is 1. The summed E-state index contributed by atoms with van der Waals surface area (Å²) in [5.41, 5.74) is 6.12. The Bertz CT molecular complexity index is 592. The van der Waals surface area contributed by atoms with Gasteiger partial charge in [-0.2, -0.15) is 0 Å².